The lowest BCUT2D eigenvalue weighted by Crippen LogP contribution is -2.03. The van der Waals surface area contributed by atoms with Crippen LogP contribution < -0.4 is 11.8 Å². The van der Waals surface area contributed by atoms with Crippen LogP contribution in [0.2, 0.25) is 0 Å². The maximum absolute atomic E-state index is 8.74. The average Bonchev–Trinajstić information content (AvgIpc) is 1.33. The molecule has 0 amide bonds. The highest BCUT2D eigenvalue weighted by Gasteiger charge is 1.61. The van der Waals surface area contributed by atoms with E-state index in [2.05, 4.69) is 16.7 Å². The minimum atomic E-state index is -3.13. The van der Waals surface area contributed by atoms with Gasteiger partial charge in [0.25, 0.3) is 0 Å². The molecule has 0 aromatic rings. The van der Waals surface area contributed by atoms with Gasteiger partial charge in [-0.3, -0.25) is 4.57 Å². The molecule has 0 aromatic heterocycles. The Kier molecular flexibility index (Phi) is 13.6. The second kappa shape index (κ2) is 9.39. The lowest BCUT2D eigenvalue weighted by molar-refractivity contribution is 0.142. The first-order chi connectivity index (χ1) is 3.15. The maximum Gasteiger partial charge on any atom is 0.314 e. The van der Waals surface area contributed by atoms with Gasteiger partial charge in [0.05, 0.1) is 0 Å². The lowest BCUT2D eigenvalue weighted by Gasteiger charge is -1.62. The molecule has 0 radical (unpaired) electrons. The van der Waals surface area contributed by atoms with Gasteiger partial charge in [0.2, 0.25) is 0 Å². The molecule has 0 fully saturated rings. The highest BCUT2D eigenvalue weighted by molar-refractivity contribution is 7.30. The summed E-state index contributed by atoms with van der Waals surface area (Å²) >= 11 is 0. The second-order valence-electron chi connectivity index (χ2n) is 0.419. The Hall–Kier alpha value is 0.0300. The van der Waals surface area contributed by atoms with E-state index in [9.17, 15) is 0 Å². The molecule has 6 N–H and O–H groups in total. The van der Waals surface area contributed by atoms with Crippen LogP contribution in [0.25, 0.3) is 0 Å². The summed E-state index contributed by atoms with van der Waals surface area (Å²) < 4.78 is 8.74. The van der Waals surface area contributed by atoms with E-state index in [1.165, 1.54) is 0 Å². The molecule has 0 aliphatic rings. The zero-order valence-electron chi connectivity index (χ0n) is 3.37. The van der Waals surface area contributed by atoms with Crippen LogP contribution in [0.3, 0.4) is 0 Å². The molecule has 7 heteroatoms. The Labute approximate surface area is 40.5 Å². The number of hydrogen-bond donors (Lipinski definition) is 4. The minimum Gasteiger partial charge on any atom is -0.326 e. The van der Waals surface area contributed by atoms with Crippen LogP contribution in [0.15, 0.2) is 0 Å². The van der Waals surface area contributed by atoms with Gasteiger partial charge in [0.1, 0.15) is 0 Å². The molecule has 0 saturated heterocycles. The van der Waals surface area contributed by atoms with Crippen molar-refractivity contribution in [2.75, 3.05) is 0 Å². The molecule has 6 nitrogen and oxygen atoms in total. The summed E-state index contributed by atoms with van der Waals surface area (Å²) in [7, 11) is -3.13. The number of hydrogen-bond acceptors (Lipinski definition) is 4. The molecule has 0 rings (SSSR count). The highest BCUT2D eigenvalue weighted by atomic mass is 31.1. The van der Waals surface area contributed by atoms with E-state index in [0.717, 1.165) is 0 Å². The van der Waals surface area contributed by atoms with E-state index >= 15 is 0 Å². The summed E-state index contributed by atoms with van der Waals surface area (Å²) in [5, 5.41) is 0. The first-order valence-electron chi connectivity index (χ1n) is 1.12. The Morgan fingerprint density at radius 2 is 1.43 bits per heavy atom. The van der Waals surface area contributed by atoms with Crippen molar-refractivity contribution >= 4 is 8.25 Å². The van der Waals surface area contributed by atoms with Crippen molar-refractivity contribution in [3.05, 3.63) is 0 Å². The molecule has 0 aromatic carbocycles. The van der Waals surface area contributed by atoms with E-state index in [1.54, 1.807) is 0 Å². The topological polar surface area (TPSA) is 119 Å². The van der Waals surface area contributed by atoms with Crippen molar-refractivity contribution in [3.8, 4) is 0 Å². The highest BCUT2D eigenvalue weighted by Crippen LogP contribution is 1.98. The van der Waals surface area contributed by atoms with Crippen molar-refractivity contribution < 1.29 is 19.3 Å². The first-order valence-corrected chi connectivity index (χ1v) is 2.43. The molecule has 46 valence electrons. The van der Waals surface area contributed by atoms with Crippen molar-refractivity contribution in [2.45, 2.75) is 0 Å². The van der Waals surface area contributed by atoms with Gasteiger partial charge in [0.15, 0.2) is 0 Å². The van der Waals surface area contributed by atoms with Crippen molar-refractivity contribution in [1.82, 2.24) is 0 Å². The molecule has 7 heavy (non-hydrogen) atoms. The van der Waals surface area contributed by atoms with Crippen LogP contribution in [-0.4, -0.2) is 9.79 Å². The number of rotatable bonds is 0. The largest absolute Gasteiger partial charge is 0.326 e. The molecular weight excluding hydrogens is 123 g/mol. The van der Waals surface area contributed by atoms with Crippen LogP contribution >= 0.6 is 8.25 Å². The van der Waals surface area contributed by atoms with Gasteiger partial charge < -0.3 is 9.79 Å². The zero-order chi connectivity index (χ0) is 6.28. The molecule has 0 heterocycles. The molecule has 0 aliphatic heterocycles. The summed E-state index contributed by atoms with van der Waals surface area (Å²) in [5.74, 6) is 8.25. The lowest BCUT2D eigenvalue weighted by atomic mass is 13.3. The van der Waals surface area contributed by atoms with Gasteiger partial charge in [0, 0.05) is 0 Å². The minimum absolute atomic E-state index is 3.13. The van der Waals surface area contributed by atoms with Gasteiger partial charge in [-0.25, -0.2) is 4.94 Å². The average molecular weight is 130 g/mol. The van der Waals surface area contributed by atoms with Gasteiger partial charge in [-0.1, -0.05) is 0 Å². The van der Waals surface area contributed by atoms with Crippen LogP contribution in [0.5, 0.6) is 0 Å². The molecular formula is H7N2O4P. The Bertz CT molecular complexity index is 41.0. The monoisotopic (exact) mass is 130 g/mol. The summed E-state index contributed by atoms with van der Waals surface area (Å²) in [5.41, 5.74) is 0. The van der Waals surface area contributed by atoms with E-state index < -0.39 is 8.25 Å². The van der Waals surface area contributed by atoms with Gasteiger partial charge in [-0.2, -0.15) is 11.8 Å². The van der Waals surface area contributed by atoms with Gasteiger partial charge in [-0.05, 0) is 0 Å². The summed E-state index contributed by atoms with van der Waals surface area (Å²) in [6, 6.07) is 0. The van der Waals surface area contributed by atoms with Gasteiger partial charge >= 0.3 is 8.25 Å². The van der Waals surface area contributed by atoms with Crippen molar-refractivity contribution in [1.29, 1.82) is 0 Å². The fourth-order valence-corrected chi connectivity index (χ4v) is 0. The quantitative estimate of drug-likeness (QED) is 0.225. The van der Waals surface area contributed by atoms with E-state index in [4.69, 9.17) is 14.4 Å². The van der Waals surface area contributed by atoms with Crippen molar-refractivity contribution in [2.24, 2.45) is 11.8 Å². The van der Waals surface area contributed by atoms with E-state index in [1.807, 2.05) is 0 Å². The van der Waals surface area contributed by atoms with Crippen LogP contribution in [0.4, 0.5) is 0 Å². The van der Waals surface area contributed by atoms with E-state index in [0.29, 0.717) is 0 Å². The summed E-state index contributed by atoms with van der Waals surface area (Å²) in [4.78, 5) is 17.6. The van der Waals surface area contributed by atoms with Gasteiger partial charge in [-0.15, -0.1) is 0 Å². The maximum atomic E-state index is 8.74. The van der Waals surface area contributed by atoms with Crippen LogP contribution in [0, 0.1) is 0 Å². The molecule has 0 saturated carbocycles. The zero-order valence-corrected chi connectivity index (χ0v) is 4.37. The van der Waals surface area contributed by atoms with Crippen molar-refractivity contribution in [3.63, 3.8) is 0 Å². The summed E-state index contributed by atoms with van der Waals surface area (Å²) in [6.07, 6.45) is 0. The molecule has 0 aliphatic carbocycles. The Morgan fingerprint density at radius 1 is 1.43 bits per heavy atom. The third-order valence-electron chi connectivity index (χ3n) is 0. The number of nitrogens with two attached hydrogens (primary N) is 2. The Balaban J connectivity index is 0. The SMILES string of the molecule is NON.O=[PH](O)O. The third kappa shape index (κ3) is 109000. The van der Waals surface area contributed by atoms with Crippen LogP contribution in [-0.2, 0) is 9.50 Å². The smallest absolute Gasteiger partial charge is 0.314 e. The first kappa shape index (κ1) is 10.1. The normalized spacial score (nSPS) is 7.57. The molecule has 0 unspecified atom stereocenters. The molecule has 0 spiro atoms. The predicted molar refractivity (Wildman–Crippen MR) is 22.9 cm³/mol. The third-order valence-corrected chi connectivity index (χ3v) is 0. The fraction of sp³-hybridized carbons (Fsp3) is 0. The Morgan fingerprint density at radius 3 is 1.43 bits per heavy atom. The second-order valence-corrected chi connectivity index (χ2v) is 0.984. The fourth-order valence-electron chi connectivity index (χ4n) is 0. The summed E-state index contributed by atoms with van der Waals surface area (Å²) in [6.45, 7) is 0. The van der Waals surface area contributed by atoms with E-state index in [-0.39, 0.29) is 0 Å². The molecule has 0 atom stereocenters. The molecule has 0 bridgehead atoms. The standard InChI is InChI=1S/H4N2O.H3O3P/c1-3-2;1-4(2)3/h1-2H2;4H,(H2,1,2,3). The predicted octanol–water partition coefficient (Wildman–Crippen LogP) is -1.89. The van der Waals surface area contributed by atoms with Crippen LogP contribution in [0.1, 0.15) is 0 Å².